The number of methoxy groups -OCH3 is 1. The van der Waals surface area contributed by atoms with Gasteiger partial charge in [-0.15, -0.1) is 0 Å². The van der Waals surface area contributed by atoms with E-state index in [2.05, 4.69) is 4.72 Å². The molecule has 0 aliphatic rings. The van der Waals surface area contributed by atoms with E-state index < -0.39 is 44.1 Å². The number of aromatic carboxylic acids is 1. The molecule has 1 aromatic rings. The number of sulfonamides is 1. The average molecular weight is 309 g/mol. The molecule has 0 bridgehead atoms. The number of carbonyl (C=O) groups is 1. The van der Waals surface area contributed by atoms with Gasteiger partial charge < -0.3 is 9.84 Å². The second kappa shape index (κ2) is 6.25. The Morgan fingerprint density at radius 1 is 1.45 bits per heavy atom. The highest BCUT2D eigenvalue weighted by molar-refractivity contribution is 7.89. The topological polar surface area (TPSA) is 92.7 Å². The van der Waals surface area contributed by atoms with Gasteiger partial charge in [-0.2, -0.15) is 0 Å². The van der Waals surface area contributed by atoms with E-state index in [9.17, 15) is 22.0 Å². The van der Waals surface area contributed by atoms with Crippen LogP contribution in [0.2, 0.25) is 0 Å². The Hall–Kier alpha value is -1.58. The fraction of sp³-hybridized carbons (Fsp3) is 0.364. The first-order valence-corrected chi connectivity index (χ1v) is 6.91. The summed E-state index contributed by atoms with van der Waals surface area (Å²) < 4.78 is 57.7. The second-order valence-electron chi connectivity index (χ2n) is 4.02. The summed E-state index contributed by atoms with van der Waals surface area (Å²) in [4.78, 5) is 9.80. The Balaban J connectivity index is 3.26. The monoisotopic (exact) mass is 309 g/mol. The Kier molecular flexibility index (Phi) is 5.15. The average Bonchev–Trinajstić information content (AvgIpc) is 2.27. The lowest BCUT2D eigenvalue weighted by Gasteiger charge is -2.14. The van der Waals surface area contributed by atoms with Crippen molar-refractivity contribution in [3.05, 3.63) is 29.3 Å². The molecule has 0 aromatic heterocycles. The number of halogens is 2. The van der Waals surface area contributed by atoms with Crippen LogP contribution in [0.4, 0.5) is 8.78 Å². The van der Waals surface area contributed by atoms with Gasteiger partial charge in [0.25, 0.3) is 0 Å². The summed E-state index contributed by atoms with van der Waals surface area (Å²) in [7, 11) is -2.97. The molecule has 1 aromatic carbocycles. The molecule has 0 aliphatic heterocycles. The molecular weight excluding hydrogens is 296 g/mol. The predicted octanol–water partition coefficient (Wildman–Crippen LogP) is 0.976. The zero-order chi connectivity index (χ0) is 15.5. The maximum Gasteiger partial charge on any atom is 0.341 e. The van der Waals surface area contributed by atoms with Crippen molar-refractivity contribution in [2.45, 2.75) is 17.9 Å². The van der Waals surface area contributed by atoms with Crippen molar-refractivity contribution in [1.82, 2.24) is 4.72 Å². The van der Waals surface area contributed by atoms with Crippen LogP contribution in [-0.4, -0.2) is 39.3 Å². The first-order chi connectivity index (χ1) is 9.20. The van der Waals surface area contributed by atoms with Crippen molar-refractivity contribution < 1.29 is 31.8 Å². The van der Waals surface area contributed by atoms with E-state index >= 15 is 0 Å². The Labute approximate surface area is 114 Å². The van der Waals surface area contributed by atoms with Gasteiger partial charge in [0, 0.05) is 13.2 Å². The highest BCUT2D eigenvalue weighted by Crippen LogP contribution is 2.21. The largest absolute Gasteiger partial charge is 0.477 e. The molecule has 6 nitrogen and oxygen atoms in total. The Bertz CT molecular complexity index is 617. The van der Waals surface area contributed by atoms with Gasteiger partial charge >= 0.3 is 5.97 Å². The number of benzene rings is 1. The molecular formula is C11H13F2NO5S. The minimum absolute atomic E-state index is 0.0355. The van der Waals surface area contributed by atoms with Crippen molar-refractivity contribution in [2.75, 3.05) is 13.7 Å². The molecule has 0 aliphatic carbocycles. The van der Waals surface area contributed by atoms with E-state index in [-0.39, 0.29) is 6.61 Å². The fourth-order valence-electron chi connectivity index (χ4n) is 1.55. The standard InChI is InChI=1S/C11H13F2NO5S/c1-6(5-19-2)14-20(17,18)8-4-3-7(12)9(10(8)13)11(15)16/h3-4,6,14H,5H2,1-2H3,(H,15,16). The normalized spacial score (nSPS) is 13.2. The van der Waals surface area contributed by atoms with Crippen LogP contribution >= 0.6 is 0 Å². The Morgan fingerprint density at radius 2 is 2.05 bits per heavy atom. The highest BCUT2D eigenvalue weighted by atomic mass is 32.2. The molecule has 1 atom stereocenters. The summed E-state index contributed by atoms with van der Waals surface area (Å²) >= 11 is 0. The number of carboxylic acids is 1. The lowest BCUT2D eigenvalue weighted by Crippen LogP contribution is -2.36. The van der Waals surface area contributed by atoms with Crippen LogP contribution in [0.5, 0.6) is 0 Å². The van der Waals surface area contributed by atoms with Gasteiger partial charge in [-0.1, -0.05) is 0 Å². The van der Waals surface area contributed by atoms with Crippen LogP contribution in [0.25, 0.3) is 0 Å². The minimum Gasteiger partial charge on any atom is -0.477 e. The van der Waals surface area contributed by atoms with Gasteiger partial charge in [-0.3, -0.25) is 0 Å². The second-order valence-corrected chi connectivity index (χ2v) is 5.70. The Morgan fingerprint density at radius 3 is 2.55 bits per heavy atom. The third kappa shape index (κ3) is 3.50. The zero-order valence-corrected chi connectivity index (χ0v) is 11.5. The van der Waals surface area contributed by atoms with Gasteiger partial charge in [-0.25, -0.2) is 26.7 Å². The van der Waals surface area contributed by atoms with Gasteiger partial charge in [0.05, 0.1) is 6.61 Å². The van der Waals surface area contributed by atoms with E-state index in [0.29, 0.717) is 12.1 Å². The summed E-state index contributed by atoms with van der Waals surface area (Å²) in [5.74, 6) is -4.88. The fourth-order valence-corrected chi connectivity index (χ4v) is 2.86. The molecule has 112 valence electrons. The third-order valence-corrected chi connectivity index (χ3v) is 3.94. The number of carboxylic acid groups (broad SMARTS) is 1. The maximum atomic E-state index is 13.8. The molecule has 1 rings (SSSR count). The number of hydrogen-bond donors (Lipinski definition) is 2. The summed E-state index contributed by atoms with van der Waals surface area (Å²) in [5, 5.41) is 8.69. The number of rotatable bonds is 6. The predicted molar refractivity (Wildman–Crippen MR) is 65.0 cm³/mol. The molecule has 0 spiro atoms. The molecule has 1 unspecified atom stereocenters. The van der Waals surface area contributed by atoms with E-state index in [1.54, 1.807) is 0 Å². The molecule has 9 heteroatoms. The molecule has 0 radical (unpaired) electrons. The van der Waals surface area contributed by atoms with Crippen LogP contribution in [0.15, 0.2) is 17.0 Å². The van der Waals surface area contributed by atoms with Crippen molar-refractivity contribution in [3.8, 4) is 0 Å². The summed E-state index contributed by atoms with van der Waals surface area (Å²) in [6.45, 7) is 1.51. The van der Waals surface area contributed by atoms with E-state index in [4.69, 9.17) is 9.84 Å². The first kappa shape index (κ1) is 16.5. The van der Waals surface area contributed by atoms with Crippen LogP contribution in [0.1, 0.15) is 17.3 Å². The van der Waals surface area contributed by atoms with E-state index in [1.165, 1.54) is 14.0 Å². The van der Waals surface area contributed by atoms with Crippen molar-refractivity contribution in [1.29, 1.82) is 0 Å². The summed E-state index contributed by atoms with van der Waals surface area (Å²) in [6, 6.07) is 0.587. The highest BCUT2D eigenvalue weighted by Gasteiger charge is 2.27. The van der Waals surface area contributed by atoms with E-state index in [0.717, 1.165) is 0 Å². The van der Waals surface area contributed by atoms with Crippen LogP contribution in [0.3, 0.4) is 0 Å². The first-order valence-electron chi connectivity index (χ1n) is 5.43. The van der Waals surface area contributed by atoms with E-state index in [1.807, 2.05) is 0 Å². The van der Waals surface area contributed by atoms with Crippen LogP contribution in [0, 0.1) is 11.6 Å². The third-order valence-electron chi connectivity index (χ3n) is 2.33. The number of ether oxygens (including phenoxy) is 1. The molecule has 0 fully saturated rings. The summed E-state index contributed by atoms with van der Waals surface area (Å²) in [5.41, 5.74) is -1.31. The molecule has 0 saturated carbocycles. The van der Waals surface area contributed by atoms with Gasteiger partial charge in [0.15, 0.2) is 5.82 Å². The molecule has 2 N–H and O–H groups in total. The SMILES string of the molecule is COCC(C)NS(=O)(=O)c1ccc(F)c(C(=O)O)c1F. The van der Waals surface area contributed by atoms with Crippen LogP contribution in [-0.2, 0) is 14.8 Å². The quantitative estimate of drug-likeness (QED) is 0.817. The molecule has 20 heavy (non-hydrogen) atoms. The smallest absolute Gasteiger partial charge is 0.341 e. The van der Waals surface area contributed by atoms with Gasteiger partial charge in [-0.05, 0) is 19.1 Å². The summed E-state index contributed by atoms with van der Waals surface area (Å²) in [6.07, 6.45) is 0. The van der Waals surface area contributed by atoms with Crippen molar-refractivity contribution >= 4 is 16.0 Å². The lowest BCUT2D eigenvalue weighted by atomic mass is 10.2. The molecule has 0 heterocycles. The number of nitrogens with one attached hydrogen (secondary N) is 1. The van der Waals surface area contributed by atoms with Crippen molar-refractivity contribution in [2.24, 2.45) is 0 Å². The number of hydrogen-bond acceptors (Lipinski definition) is 4. The maximum absolute atomic E-state index is 13.8. The molecule has 0 saturated heterocycles. The molecule has 0 amide bonds. The zero-order valence-electron chi connectivity index (χ0n) is 10.7. The minimum atomic E-state index is -4.32. The van der Waals surface area contributed by atoms with Crippen molar-refractivity contribution in [3.63, 3.8) is 0 Å². The van der Waals surface area contributed by atoms with Gasteiger partial charge in [0.2, 0.25) is 10.0 Å². The van der Waals surface area contributed by atoms with Crippen LogP contribution < -0.4 is 4.72 Å². The lowest BCUT2D eigenvalue weighted by molar-refractivity contribution is 0.0685. The van der Waals surface area contributed by atoms with Gasteiger partial charge in [0.1, 0.15) is 16.3 Å².